The molecule has 5 nitrogen and oxygen atoms in total. The number of carbonyl (C=O) groups is 2. The zero-order chi connectivity index (χ0) is 48.5. The van der Waals surface area contributed by atoms with Gasteiger partial charge in [-0.2, -0.15) is 0 Å². The van der Waals surface area contributed by atoms with E-state index in [1.807, 2.05) is 0 Å². The second-order valence-corrected chi connectivity index (χ2v) is 20.4. The number of rotatable bonds is 56. The van der Waals surface area contributed by atoms with Crippen molar-refractivity contribution in [3.8, 4) is 0 Å². The first-order chi connectivity index (χ1) is 33.1. The van der Waals surface area contributed by atoms with Crippen LogP contribution in [0.25, 0.3) is 0 Å². The van der Waals surface area contributed by atoms with Crippen LogP contribution in [-0.2, 0) is 19.1 Å². The molecule has 0 spiro atoms. The number of carbonyl (C=O) groups excluding carboxylic acids is 2. The molecule has 0 rings (SSSR count). The van der Waals surface area contributed by atoms with E-state index in [-0.39, 0.29) is 25.2 Å². The molecule has 0 aliphatic carbocycles. The molecule has 1 atom stereocenters. The normalized spacial score (nSPS) is 12.3. The zero-order valence-electron chi connectivity index (χ0n) is 45.2. The molecule has 0 aromatic rings. The van der Waals surface area contributed by atoms with E-state index in [1.165, 1.54) is 250 Å². The van der Waals surface area contributed by atoms with Crippen molar-refractivity contribution in [3.05, 3.63) is 36.5 Å². The zero-order valence-corrected chi connectivity index (χ0v) is 45.2. The maximum absolute atomic E-state index is 12.3. The molecule has 394 valence electrons. The van der Waals surface area contributed by atoms with Gasteiger partial charge in [-0.3, -0.25) is 9.59 Å². The van der Waals surface area contributed by atoms with Gasteiger partial charge < -0.3 is 14.6 Å². The third-order valence-electron chi connectivity index (χ3n) is 13.7. The van der Waals surface area contributed by atoms with Gasteiger partial charge in [0, 0.05) is 12.8 Å². The molecule has 0 aliphatic heterocycles. The molecular formula is C62H116O5. The number of aliphatic hydroxyl groups is 1. The Kier molecular flexibility index (Phi) is 56.8. The van der Waals surface area contributed by atoms with Crippen molar-refractivity contribution < 1.29 is 24.2 Å². The van der Waals surface area contributed by atoms with Crippen LogP contribution in [0.4, 0.5) is 0 Å². The largest absolute Gasteiger partial charge is 0.462 e. The van der Waals surface area contributed by atoms with E-state index in [2.05, 4.69) is 50.3 Å². The minimum absolute atomic E-state index is 0.0674. The van der Waals surface area contributed by atoms with Gasteiger partial charge in [0.25, 0.3) is 0 Å². The van der Waals surface area contributed by atoms with Crippen LogP contribution >= 0.6 is 0 Å². The lowest BCUT2D eigenvalue weighted by molar-refractivity contribution is -0.161. The van der Waals surface area contributed by atoms with Gasteiger partial charge in [0.1, 0.15) is 6.61 Å². The fraction of sp³-hybridized carbons (Fsp3) is 0.871. The number of hydrogen-bond acceptors (Lipinski definition) is 5. The Morgan fingerprint density at radius 1 is 0.343 bits per heavy atom. The highest BCUT2D eigenvalue weighted by Crippen LogP contribution is 2.17. The number of hydrogen-bond donors (Lipinski definition) is 1. The third-order valence-corrected chi connectivity index (χ3v) is 13.7. The lowest BCUT2D eigenvalue weighted by Gasteiger charge is -2.15. The predicted molar refractivity (Wildman–Crippen MR) is 293 cm³/mol. The number of ether oxygens (including phenoxy) is 2. The van der Waals surface area contributed by atoms with Crippen molar-refractivity contribution in [3.63, 3.8) is 0 Å². The van der Waals surface area contributed by atoms with Crippen molar-refractivity contribution in [2.75, 3.05) is 13.2 Å². The summed E-state index contributed by atoms with van der Waals surface area (Å²) in [5, 5.41) is 9.63. The van der Waals surface area contributed by atoms with Gasteiger partial charge in [-0.25, -0.2) is 0 Å². The van der Waals surface area contributed by atoms with Crippen LogP contribution in [0.2, 0.25) is 0 Å². The topological polar surface area (TPSA) is 72.8 Å². The molecule has 0 bridgehead atoms. The van der Waals surface area contributed by atoms with Gasteiger partial charge in [-0.05, 0) is 70.6 Å². The van der Waals surface area contributed by atoms with Gasteiger partial charge in [0.15, 0.2) is 6.10 Å². The van der Waals surface area contributed by atoms with Crippen molar-refractivity contribution in [1.82, 2.24) is 0 Å². The van der Waals surface area contributed by atoms with Crippen molar-refractivity contribution in [2.45, 2.75) is 335 Å². The van der Waals surface area contributed by atoms with Crippen LogP contribution in [-0.4, -0.2) is 36.4 Å². The first-order valence-electron chi connectivity index (χ1n) is 30.0. The predicted octanol–water partition coefficient (Wildman–Crippen LogP) is 20.3. The molecule has 0 heterocycles. The SMILES string of the molecule is CCCCCC/C=C\C/C=C\CCCCCCCC(=O)OC(CO)COC(=O)CCCCCCCCCCCCCCCCCCCCCCCCCCC/C=C\CCCCCCCCCC. The van der Waals surface area contributed by atoms with Gasteiger partial charge in [-0.15, -0.1) is 0 Å². The first kappa shape index (κ1) is 65.1. The highest BCUT2D eigenvalue weighted by molar-refractivity contribution is 5.70. The van der Waals surface area contributed by atoms with Crippen LogP contribution in [0.5, 0.6) is 0 Å². The van der Waals surface area contributed by atoms with Crippen LogP contribution in [0, 0.1) is 0 Å². The minimum atomic E-state index is -0.777. The van der Waals surface area contributed by atoms with Gasteiger partial charge in [0.2, 0.25) is 0 Å². The van der Waals surface area contributed by atoms with Crippen LogP contribution in [0.3, 0.4) is 0 Å². The summed E-state index contributed by atoms with van der Waals surface area (Å²) in [5.41, 5.74) is 0. The van der Waals surface area contributed by atoms with E-state index >= 15 is 0 Å². The maximum Gasteiger partial charge on any atom is 0.306 e. The Labute approximate surface area is 418 Å². The Balaban J connectivity index is 3.38. The lowest BCUT2D eigenvalue weighted by Crippen LogP contribution is -2.28. The number of unbranched alkanes of at least 4 members (excludes halogenated alkanes) is 42. The average molecular weight is 942 g/mol. The Bertz CT molecular complexity index is 1060. The molecule has 0 aliphatic rings. The summed E-state index contributed by atoms with van der Waals surface area (Å²) in [6, 6.07) is 0. The molecule has 0 amide bonds. The fourth-order valence-electron chi connectivity index (χ4n) is 9.11. The average Bonchev–Trinajstić information content (AvgIpc) is 3.33. The quantitative estimate of drug-likeness (QED) is 0.0374. The van der Waals surface area contributed by atoms with Gasteiger partial charge in [-0.1, -0.05) is 281 Å². The van der Waals surface area contributed by atoms with Crippen molar-refractivity contribution in [1.29, 1.82) is 0 Å². The molecule has 1 N–H and O–H groups in total. The maximum atomic E-state index is 12.3. The second kappa shape index (κ2) is 58.4. The fourth-order valence-corrected chi connectivity index (χ4v) is 9.11. The summed E-state index contributed by atoms with van der Waals surface area (Å²) in [5.74, 6) is -0.592. The summed E-state index contributed by atoms with van der Waals surface area (Å²) in [4.78, 5) is 24.5. The third kappa shape index (κ3) is 56.6. The van der Waals surface area contributed by atoms with Crippen LogP contribution in [0.1, 0.15) is 328 Å². The summed E-state index contributed by atoms with van der Waals surface area (Å²) in [7, 11) is 0. The second-order valence-electron chi connectivity index (χ2n) is 20.4. The molecule has 67 heavy (non-hydrogen) atoms. The van der Waals surface area contributed by atoms with E-state index in [9.17, 15) is 14.7 Å². The van der Waals surface area contributed by atoms with Gasteiger partial charge in [0.05, 0.1) is 6.61 Å². The summed E-state index contributed by atoms with van der Waals surface area (Å²) in [6.07, 6.45) is 75.8. The van der Waals surface area contributed by atoms with Crippen molar-refractivity contribution >= 4 is 11.9 Å². The highest BCUT2D eigenvalue weighted by atomic mass is 16.6. The first-order valence-corrected chi connectivity index (χ1v) is 30.0. The van der Waals surface area contributed by atoms with Crippen LogP contribution in [0.15, 0.2) is 36.5 Å². The van der Waals surface area contributed by atoms with E-state index in [0.717, 1.165) is 51.4 Å². The van der Waals surface area contributed by atoms with Gasteiger partial charge >= 0.3 is 11.9 Å². The molecule has 5 heteroatoms. The van der Waals surface area contributed by atoms with E-state index in [4.69, 9.17) is 9.47 Å². The number of allylic oxidation sites excluding steroid dienone is 6. The minimum Gasteiger partial charge on any atom is -0.462 e. The Morgan fingerprint density at radius 2 is 0.597 bits per heavy atom. The molecule has 0 fully saturated rings. The summed E-state index contributed by atoms with van der Waals surface area (Å²) in [6.45, 7) is 4.15. The molecule has 0 radical (unpaired) electrons. The number of esters is 2. The number of aliphatic hydroxyl groups excluding tert-OH is 1. The molecule has 0 saturated heterocycles. The monoisotopic (exact) mass is 941 g/mol. The molecular weight excluding hydrogens is 825 g/mol. The van der Waals surface area contributed by atoms with E-state index < -0.39 is 6.10 Å². The summed E-state index contributed by atoms with van der Waals surface area (Å²) < 4.78 is 10.7. The molecule has 1 unspecified atom stereocenters. The standard InChI is InChI=1S/C62H116O5/c1-3-5-7-9-11-13-15-17-19-21-22-23-24-25-26-27-28-29-30-31-32-33-34-35-36-37-38-39-40-41-43-44-46-48-50-52-54-56-61(64)66-59-60(58-63)67-62(65)57-55-53-51-49-47-45-42-20-18-16-14-12-10-8-6-4-2/h14,16,20-22,42,60,63H,3-13,15,17-19,23-41,43-59H2,1-2H3/b16-14-,22-21-,42-20-. The smallest absolute Gasteiger partial charge is 0.306 e. The van der Waals surface area contributed by atoms with Crippen LogP contribution < -0.4 is 0 Å². The van der Waals surface area contributed by atoms with E-state index in [1.54, 1.807) is 0 Å². The summed E-state index contributed by atoms with van der Waals surface area (Å²) >= 11 is 0. The highest BCUT2D eigenvalue weighted by Gasteiger charge is 2.16. The van der Waals surface area contributed by atoms with E-state index in [0.29, 0.717) is 12.8 Å². The molecule has 0 saturated carbocycles. The Hall–Kier alpha value is -1.88. The van der Waals surface area contributed by atoms with Crippen molar-refractivity contribution in [2.24, 2.45) is 0 Å². The Morgan fingerprint density at radius 3 is 0.910 bits per heavy atom. The molecule has 0 aromatic carbocycles. The molecule has 0 aromatic heterocycles. The lowest BCUT2D eigenvalue weighted by atomic mass is 10.0.